The molecule has 2 aromatic carbocycles. The molecule has 1 saturated heterocycles. The predicted octanol–water partition coefficient (Wildman–Crippen LogP) is 3.52. The average Bonchev–Trinajstić information content (AvgIpc) is 3.23. The number of amides is 2. The molecule has 1 aliphatic heterocycles. The van der Waals surface area contributed by atoms with Gasteiger partial charge in [0.2, 0.25) is 5.91 Å². The standard InChI is InChI=1S/C26H30N2O6/c1-4-17-8-7-9-18(5-2)24(17)28-15-20(14-23(28)30)26(32)34-16-22(29)27-21-12-10-19(11-13-21)25(31)33-6-3/h7-13,20H,4-6,14-16H2,1-3H3,(H,27,29)/t20-/m0/s1. The monoisotopic (exact) mass is 466 g/mol. The van der Waals surface area contributed by atoms with Crippen molar-refractivity contribution in [2.45, 2.75) is 40.0 Å². The van der Waals surface area contributed by atoms with Crippen molar-refractivity contribution in [3.63, 3.8) is 0 Å². The molecule has 2 amide bonds. The quantitative estimate of drug-likeness (QED) is 0.568. The van der Waals surface area contributed by atoms with Crippen molar-refractivity contribution >= 4 is 35.1 Å². The fourth-order valence-electron chi connectivity index (χ4n) is 4.00. The van der Waals surface area contributed by atoms with Crippen molar-refractivity contribution in [2.24, 2.45) is 5.92 Å². The molecule has 0 unspecified atom stereocenters. The molecule has 0 bridgehead atoms. The van der Waals surface area contributed by atoms with Gasteiger partial charge in [0.15, 0.2) is 6.61 Å². The van der Waals surface area contributed by atoms with E-state index in [0.29, 0.717) is 11.3 Å². The first-order valence-electron chi connectivity index (χ1n) is 11.5. The van der Waals surface area contributed by atoms with Crippen LogP contribution < -0.4 is 10.2 Å². The number of carbonyl (C=O) groups is 4. The highest BCUT2D eigenvalue weighted by Crippen LogP contribution is 2.32. The van der Waals surface area contributed by atoms with Gasteiger partial charge >= 0.3 is 11.9 Å². The maximum absolute atomic E-state index is 12.7. The molecule has 0 aromatic heterocycles. The Kier molecular flexibility index (Phi) is 8.40. The van der Waals surface area contributed by atoms with Crippen LogP contribution >= 0.6 is 0 Å². The van der Waals surface area contributed by atoms with Crippen molar-refractivity contribution in [1.29, 1.82) is 0 Å². The molecule has 1 aliphatic rings. The lowest BCUT2D eigenvalue weighted by atomic mass is 10.0. The first-order valence-corrected chi connectivity index (χ1v) is 11.5. The Morgan fingerprint density at radius 2 is 1.62 bits per heavy atom. The van der Waals surface area contributed by atoms with Crippen LogP contribution in [-0.4, -0.2) is 43.5 Å². The van der Waals surface area contributed by atoms with Gasteiger partial charge in [-0.2, -0.15) is 0 Å². The highest BCUT2D eigenvalue weighted by Gasteiger charge is 2.37. The van der Waals surface area contributed by atoms with E-state index < -0.39 is 30.4 Å². The molecule has 1 heterocycles. The Labute approximate surface area is 199 Å². The fraction of sp³-hybridized carbons (Fsp3) is 0.385. The topological polar surface area (TPSA) is 102 Å². The Morgan fingerprint density at radius 3 is 2.21 bits per heavy atom. The first kappa shape index (κ1) is 25.0. The summed E-state index contributed by atoms with van der Waals surface area (Å²) >= 11 is 0. The van der Waals surface area contributed by atoms with E-state index in [0.717, 1.165) is 29.7 Å². The summed E-state index contributed by atoms with van der Waals surface area (Å²) in [6.45, 7) is 5.84. The van der Waals surface area contributed by atoms with Gasteiger partial charge in [0.05, 0.1) is 18.1 Å². The summed E-state index contributed by atoms with van der Waals surface area (Å²) in [6, 6.07) is 12.2. The van der Waals surface area contributed by atoms with E-state index in [2.05, 4.69) is 5.32 Å². The number of ether oxygens (including phenoxy) is 2. The van der Waals surface area contributed by atoms with Gasteiger partial charge in [-0.25, -0.2) is 4.79 Å². The van der Waals surface area contributed by atoms with Crippen LogP contribution in [0.4, 0.5) is 11.4 Å². The number of rotatable bonds is 9. The summed E-state index contributed by atoms with van der Waals surface area (Å²) in [5, 5.41) is 2.61. The summed E-state index contributed by atoms with van der Waals surface area (Å²) in [5.74, 6) is -2.27. The number of esters is 2. The second kappa shape index (κ2) is 11.4. The molecule has 1 atom stereocenters. The normalized spacial score (nSPS) is 15.2. The second-order valence-electron chi connectivity index (χ2n) is 7.99. The number of hydrogen-bond acceptors (Lipinski definition) is 6. The summed E-state index contributed by atoms with van der Waals surface area (Å²) in [5.41, 5.74) is 3.85. The molecule has 180 valence electrons. The van der Waals surface area contributed by atoms with Crippen LogP contribution in [0.5, 0.6) is 0 Å². The van der Waals surface area contributed by atoms with E-state index in [9.17, 15) is 19.2 Å². The fourth-order valence-corrected chi connectivity index (χ4v) is 4.00. The zero-order valence-electron chi connectivity index (χ0n) is 19.8. The van der Waals surface area contributed by atoms with Crippen molar-refractivity contribution < 1.29 is 28.7 Å². The number of benzene rings is 2. The molecule has 8 heteroatoms. The number of aryl methyl sites for hydroxylation is 2. The van der Waals surface area contributed by atoms with Gasteiger partial charge in [-0.3, -0.25) is 14.4 Å². The highest BCUT2D eigenvalue weighted by atomic mass is 16.5. The lowest BCUT2D eigenvalue weighted by molar-refractivity contribution is -0.151. The lowest BCUT2D eigenvalue weighted by Gasteiger charge is -2.23. The van der Waals surface area contributed by atoms with Crippen LogP contribution in [0.3, 0.4) is 0 Å². The Bertz CT molecular complexity index is 1040. The Balaban J connectivity index is 1.55. The number of nitrogens with one attached hydrogen (secondary N) is 1. The lowest BCUT2D eigenvalue weighted by Crippen LogP contribution is -2.29. The summed E-state index contributed by atoms with van der Waals surface area (Å²) < 4.78 is 10.1. The van der Waals surface area contributed by atoms with E-state index in [1.54, 1.807) is 24.0 Å². The first-order chi connectivity index (χ1) is 16.4. The third-order valence-corrected chi connectivity index (χ3v) is 5.72. The van der Waals surface area contributed by atoms with Gasteiger partial charge < -0.3 is 19.7 Å². The molecule has 0 radical (unpaired) electrons. The molecule has 0 saturated carbocycles. The third-order valence-electron chi connectivity index (χ3n) is 5.72. The van der Waals surface area contributed by atoms with Crippen molar-refractivity contribution in [3.8, 4) is 0 Å². The zero-order chi connectivity index (χ0) is 24.7. The minimum atomic E-state index is -0.626. The van der Waals surface area contributed by atoms with Crippen LogP contribution in [-0.2, 0) is 36.7 Å². The van der Waals surface area contributed by atoms with Gasteiger partial charge in [0.1, 0.15) is 0 Å². The van der Waals surface area contributed by atoms with Crippen LogP contribution in [0.25, 0.3) is 0 Å². The molecule has 1 N–H and O–H groups in total. The minimum absolute atomic E-state index is 0.0526. The maximum Gasteiger partial charge on any atom is 0.338 e. The molecule has 2 aromatic rings. The van der Waals surface area contributed by atoms with E-state index >= 15 is 0 Å². The van der Waals surface area contributed by atoms with Crippen molar-refractivity contribution in [3.05, 3.63) is 59.2 Å². The predicted molar refractivity (Wildman–Crippen MR) is 128 cm³/mol. The molecule has 8 nitrogen and oxygen atoms in total. The average molecular weight is 467 g/mol. The van der Waals surface area contributed by atoms with Gasteiger partial charge in [-0.1, -0.05) is 32.0 Å². The van der Waals surface area contributed by atoms with E-state index in [1.807, 2.05) is 32.0 Å². The molecule has 1 fully saturated rings. The smallest absolute Gasteiger partial charge is 0.338 e. The van der Waals surface area contributed by atoms with Crippen molar-refractivity contribution in [2.75, 3.05) is 30.0 Å². The van der Waals surface area contributed by atoms with Crippen LogP contribution in [0, 0.1) is 5.92 Å². The minimum Gasteiger partial charge on any atom is -0.462 e. The highest BCUT2D eigenvalue weighted by molar-refractivity contribution is 6.01. The SMILES string of the molecule is CCOC(=O)c1ccc(NC(=O)COC(=O)[C@H]2CC(=O)N(c3c(CC)cccc3CC)C2)cc1. The van der Waals surface area contributed by atoms with E-state index in [1.165, 1.54) is 12.1 Å². The summed E-state index contributed by atoms with van der Waals surface area (Å²) in [4.78, 5) is 50.9. The maximum atomic E-state index is 12.7. The Hall–Kier alpha value is -3.68. The van der Waals surface area contributed by atoms with Gasteiger partial charge in [-0.15, -0.1) is 0 Å². The molecular weight excluding hydrogens is 436 g/mol. The van der Waals surface area contributed by atoms with Gasteiger partial charge in [0.25, 0.3) is 5.91 Å². The van der Waals surface area contributed by atoms with Gasteiger partial charge in [-0.05, 0) is 55.2 Å². The second-order valence-corrected chi connectivity index (χ2v) is 7.99. The number of hydrogen-bond donors (Lipinski definition) is 1. The van der Waals surface area contributed by atoms with Crippen molar-refractivity contribution in [1.82, 2.24) is 0 Å². The molecule has 0 spiro atoms. The van der Waals surface area contributed by atoms with Crippen LogP contribution in [0.15, 0.2) is 42.5 Å². The molecule has 3 rings (SSSR count). The molecular formula is C26H30N2O6. The number of carbonyl (C=O) groups excluding carboxylic acids is 4. The number of para-hydroxylation sites is 1. The molecule has 0 aliphatic carbocycles. The third kappa shape index (κ3) is 5.81. The van der Waals surface area contributed by atoms with Gasteiger partial charge in [0, 0.05) is 24.3 Å². The van der Waals surface area contributed by atoms with E-state index in [-0.39, 0.29) is 25.5 Å². The van der Waals surface area contributed by atoms with Crippen LogP contribution in [0.1, 0.15) is 48.7 Å². The largest absolute Gasteiger partial charge is 0.462 e. The number of anilines is 2. The Morgan fingerprint density at radius 1 is 0.971 bits per heavy atom. The summed E-state index contributed by atoms with van der Waals surface area (Å²) in [6.07, 6.45) is 1.61. The van der Waals surface area contributed by atoms with E-state index in [4.69, 9.17) is 9.47 Å². The molecule has 34 heavy (non-hydrogen) atoms. The summed E-state index contributed by atoms with van der Waals surface area (Å²) in [7, 11) is 0. The zero-order valence-corrected chi connectivity index (χ0v) is 19.8. The van der Waals surface area contributed by atoms with Crippen LogP contribution in [0.2, 0.25) is 0 Å². The number of nitrogens with zero attached hydrogens (tertiary/aromatic N) is 1.